The van der Waals surface area contributed by atoms with Crippen LogP contribution in [-0.2, 0) is 12.8 Å². The maximum Gasteiger partial charge on any atom is 0.268 e. The number of hydrogen-bond donors (Lipinski definition) is 2. The van der Waals surface area contributed by atoms with E-state index in [1.807, 2.05) is 12.1 Å². The van der Waals surface area contributed by atoms with Gasteiger partial charge in [0.05, 0.1) is 0 Å². The molecule has 0 spiro atoms. The number of aromatic hydroxyl groups is 1. The Morgan fingerprint density at radius 3 is 2.44 bits per heavy atom. The molecule has 0 bridgehead atoms. The second kappa shape index (κ2) is 4.38. The Morgan fingerprint density at radius 2 is 1.89 bits per heavy atom. The third-order valence-electron chi connectivity index (χ3n) is 3.30. The average molecular weight is 354 g/mol. The minimum Gasteiger partial charge on any atom is -0.492 e. The molecule has 0 atom stereocenters. The Hall–Kier alpha value is -1.37. The second-order valence-electron chi connectivity index (χ2n) is 4.46. The van der Waals surface area contributed by atoms with Crippen LogP contribution in [0.5, 0.6) is 5.88 Å². The number of rotatable bonds is 1. The number of aromatic amines is 1. The molecule has 92 valence electrons. The highest BCUT2D eigenvalue weighted by Crippen LogP contribution is 2.32. The first-order chi connectivity index (χ1) is 8.65. The van der Waals surface area contributed by atoms with Gasteiger partial charge in [0.2, 0.25) is 5.88 Å². The molecule has 1 aliphatic carbocycles. The smallest absolute Gasteiger partial charge is 0.268 e. The summed E-state index contributed by atoms with van der Waals surface area (Å²) in [6.07, 6.45) is 1.72. The summed E-state index contributed by atoms with van der Waals surface area (Å²) in [4.78, 5) is 18.5. The molecule has 4 nitrogen and oxygen atoms in total. The summed E-state index contributed by atoms with van der Waals surface area (Å²) in [5.41, 5.74) is 2.32. The molecule has 0 amide bonds. The van der Waals surface area contributed by atoms with E-state index in [2.05, 4.69) is 22.1 Å². The van der Waals surface area contributed by atoms with Crippen molar-refractivity contribution in [3.05, 3.63) is 55.1 Å². The Bertz CT molecular complexity index is 641. The fourth-order valence-electron chi connectivity index (χ4n) is 2.41. The summed E-state index contributed by atoms with van der Waals surface area (Å²) in [6.45, 7) is 0. The lowest BCUT2D eigenvalue weighted by Gasteiger charge is -2.08. The van der Waals surface area contributed by atoms with Gasteiger partial charge in [-0.15, -0.1) is 0 Å². The van der Waals surface area contributed by atoms with E-state index in [1.165, 1.54) is 11.1 Å². The first-order valence-electron chi connectivity index (χ1n) is 5.70. The summed E-state index contributed by atoms with van der Waals surface area (Å²) in [7, 11) is 0. The van der Waals surface area contributed by atoms with Crippen molar-refractivity contribution in [2.75, 3.05) is 0 Å². The molecule has 3 rings (SSSR count). The number of hydrogen-bond acceptors (Lipinski definition) is 3. The maximum absolute atomic E-state index is 11.6. The Morgan fingerprint density at radius 1 is 1.28 bits per heavy atom. The Kier molecular flexibility index (Phi) is 2.85. The van der Waals surface area contributed by atoms with E-state index in [0.717, 1.165) is 12.8 Å². The number of nitrogens with zero attached hydrogens (tertiary/aromatic N) is 1. The first-order valence-corrected chi connectivity index (χ1v) is 6.78. The van der Waals surface area contributed by atoms with Crippen molar-refractivity contribution in [2.45, 2.75) is 18.8 Å². The minimum absolute atomic E-state index is 0.151. The third-order valence-corrected chi connectivity index (χ3v) is 4.27. The number of fused-ring (bicyclic) bond motifs is 1. The van der Waals surface area contributed by atoms with E-state index in [-0.39, 0.29) is 20.9 Å². The van der Waals surface area contributed by atoms with E-state index in [9.17, 15) is 9.90 Å². The molecular weight excluding hydrogens is 343 g/mol. The fraction of sp³-hybridized carbons (Fsp3) is 0.231. The maximum atomic E-state index is 11.6. The van der Waals surface area contributed by atoms with Crippen LogP contribution in [0.25, 0.3) is 0 Å². The third kappa shape index (κ3) is 1.92. The summed E-state index contributed by atoms with van der Waals surface area (Å²) in [6, 6.07) is 8.23. The Labute approximate surface area is 117 Å². The molecule has 0 aliphatic heterocycles. The number of halogens is 1. The van der Waals surface area contributed by atoms with Gasteiger partial charge in [-0.1, -0.05) is 24.3 Å². The molecule has 0 unspecified atom stereocenters. The van der Waals surface area contributed by atoms with Gasteiger partial charge in [0.1, 0.15) is 9.39 Å². The van der Waals surface area contributed by atoms with Gasteiger partial charge in [0, 0.05) is 5.92 Å². The van der Waals surface area contributed by atoms with Crippen molar-refractivity contribution in [1.82, 2.24) is 9.97 Å². The van der Waals surface area contributed by atoms with E-state index in [0.29, 0.717) is 5.82 Å². The number of aromatic nitrogens is 2. The van der Waals surface area contributed by atoms with Crippen molar-refractivity contribution in [2.24, 2.45) is 0 Å². The lowest BCUT2D eigenvalue weighted by atomic mass is 10.1. The number of benzene rings is 1. The van der Waals surface area contributed by atoms with Crippen LogP contribution in [0.15, 0.2) is 29.1 Å². The molecule has 18 heavy (non-hydrogen) atoms. The van der Waals surface area contributed by atoms with Gasteiger partial charge in [-0.2, -0.15) is 4.98 Å². The summed E-state index contributed by atoms with van der Waals surface area (Å²) >= 11 is 1.79. The zero-order valence-electron chi connectivity index (χ0n) is 9.48. The monoisotopic (exact) mass is 354 g/mol. The average Bonchev–Trinajstić information content (AvgIpc) is 2.79. The molecule has 1 heterocycles. The summed E-state index contributed by atoms with van der Waals surface area (Å²) in [5, 5.41) is 9.62. The van der Waals surface area contributed by atoms with Gasteiger partial charge in [-0.25, -0.2) is 0 Å². The van der Waals surface area contributed by atoms with Gasteiger partial charge in [0.25, 0.3) is 5.56 Å². The van der Waals surface area contributed by atoms with Crippen LogP contribution in [0.2, 0.25) is 0 Å². The largest absolute Gasteiger partial charge is 0.492 e. The first kappa shape index (κ1) is 11.7. The molecule has 1 aliphatic rings. The van der Waals surface area contributed by atoms with E-state index < -0.39 is 0 Å². The molecule has 1 aromatic carbocycles. The zero-order chi connectivity index (χ0) is 12.7. The fourth-order valence-corrected chi connectivity index (χ4v) is 2.66. The van der Waals surface area contributed by atoms with Crippen molar-refractivity contribution in [3.8, 4) is 5.88 Å². The van der Waals surface area contributed by atoms with Gasteiger partial charge >= 0.3 is 0 Å². The van der Waals surface area contributed by atoms with Crippen molar-refractivity contribution >= 4 is 22.6 Å². The molecule has 0 radical (unpaired) electrons. The SMILES string of the molecule is O=c1[nH]c(C2Cc3ccccc3C2)nc(O)c1I. The summed E-state index contributed by atoms with van der Waals surface area (Å²) < 4.78 is 0.242. The van der Waals surface area contributed by atoms with Gasteiger partial charge in [-0.3, -0.25) is 4.79 Å². The molecular formula is C13H11IN2O2. The zero-order valence-corrected chi connectivity index (χ0v) is 11.6. The van der Waals surface area contributed by atoms with Crippen LogP contribution in [0.3, 0.4) is 0 Å². The van der Waals surface area contributed by atoms with E-state index in [1.54, 1.807) is 22.6 Å². The van der Waals surface area contributed by atoms with Crippen molar-refractivity contribution in [1.29, 1.82) is 0 Å². The molecule has 0 fully saturated rings. The molecule has 2 aromatic rings. The van der Waals surface area contributed by atoms with Crippen LogP contribution < -0.4 is 5.56 Å². The number of nitrogens with one attached hydrogen (secondary N) is 1. The normalized spacial score (nSPS) is 14.7. The lowest BCUT2D eigenvalue weighted by Crippen LogP contribution is -2.17. The number of H-pyrrole nitrogens is 1. The summed E-state index contributed by atoms with van der Waals surface area (Å²) in [5.74, 6) is 0.553. The van der Waals surface area contributed by atoms with Gasteiger partial charge < -0.3 is 10.1 Å². The highest BCUT2D eigenvalue weighted by molar-refractivity contribution is 14.1. The predicted molar refractivity (Wildman–Crippen MR) is 75.8 cm³/mol. The second-order valence-corrected chi connectivity index (χ2v) is 5.54. The molecule has 0 saturated carbocycles. The highest BCUT2D eigenvalue weighted by atomic mass is 127. The van der Waals surface area contributed by atoms with Gasteiger partial charge in [-0.05, 0) is 46.6 Å². The van der Waals surface area contributed by atoms with Crippen LogP contribution in [0, 0.1) is 3.57 Å². The topological polar surface area (TPSA) is 66.0 Å². The van der Waals surface area contributed by atoms with Crippen molar-refractivity contribution in [3.63, 3.8) is 0 Å². The van der Waals surface area contributed by atoms with Gasteiger partial charge in [0.15, 0.2) is 0 Å². The van der Waals surface area contributed by atoms with E-state index in [4.69, 9.17) is 0 Å². The minimum atomic E-state index is -0.269. The van der Waals surface area contributed by atoms with Crippen LogP contribution in [-0.4, -0.2) is 15.1 Å². The Balaban J connectivity index is 1.98. The molecule has 0 saturated heterocycles. The standard InChI is InChI=1S/C13H11IN2O2/c14-10-12(17)15-11(16-13(10)18)9-5-7-3-1-2-4-8(7)6-9/h1-4,9H,5-6H2,(H2,15,16,17,18). The quantitative estimate of drug-likeness (QED) is 0.770. The predicted octanol–water partition coefficient (Wildman–Crippen LogP) is 1.96. The van der Waals surface area contributed by atoms with Crippen LogP contribution in [0.1, 0.15) is 22.9 Å². The van der Waals surface area contributed by atoms with Crippen LogP contribution >= 0.6 is 22.6 Å². The van der Waals surface area contributed by atoms with E-state index >= 15 is 0 Å². The molecule has 5 heteroatoms. The van der Waals surface area contributed by atoms with Crippen LogP contribution in [0.4, 0.5) is 0 Å². The molecule has 2 N–H and O–H groups in total. The van der Waals surface area contributed by atoms with Crippen molar-refractivity contribution < 1.29 is 5.11 Å². The molecule has 1 aromatic heterocycles. The highest BCUT2D eigenvalue weighted by Gasteiger charge is 2.25. The lowest BCUT2D eigenvalue weighted by molar-refractivity contribution is 0.439.